The van der Waals surface area contributed by atoms with Gasteiger partial charge in [-0.3, -0.25) is 9.48 Å². The van der Waals surface area contributed by atoms with E-state index in [9.17, 15) is 9.90 Å². The summed E-state index contributed by atoms with van der Waals surface area (Å²) in [7, 11) is 3.75. The van der Waals surface area contributed by atoms with Crippen molar-refractivity contribution in [2.24, 2.45) is 14.1 Å². The Balaban J connectivity index is 1.40. The minimum Gasteiger partial charge on any atom is -0.494 e. The Morgan fingerprint density at radius 3 is 2.33 bits per heavy atom. The molecule has 1 aliphatic heterocycles. The SMILES string of the molecule is Cc1cc(N2CC(C)n3c(c(CCCOc4cc(C)c(Cl)c(C)c4)c4ccc(Cl)c(-c5c(C)nn(C)c5C)c43)C2=O)c2c(c1)c(C(=O)O)cn2C. The van der Waals surface area contributed by atoms with Gasteiger partial charge in [0.25, 0.3) is 5.91 Å². The van der Waals surface area contributed by atoms with Gasteiger partial charge < -0.3 is 23.9 Å². The Bertz CT molecular complexity index is 2410. The number of fused-ring (bicyclic) bond motifs is 4. The van der Waals surface area contributed by atoms with Crippen molar-refractivity contribution in [2.75, 3.05) is 18.1 Å². The summed E-state index contributed by atoms with van der Waals surface area (Å²) in [6, 6.07) is 11.6. The fourth-order valence-corrected chi connectivity index (χ4v) is 8.33. The number of benzene rings is 3. The van der Waals surface area contributed by atoms with E-state index in [1.165, 1.54) is 0 Å². The maximum absolute atomic E-state index is 15.1. The fourth-order valence-electron chi connectivity index (χ4n) is 7.98. The number of carbonyl (C=O) groups excluding carboxylic acids is 1. The summed E-state index contributed by atoms with van der Waals surface area (Å²) in [5, 5.41) is 17.6. The normalized spacial score (nSPS) is 14.6. The molecule has 0 saturated carbocycles. The molecule has 0 bridgehead atoms. The van der Waals surface area contributed by atoms with Crippen LogP contribution in [0.3, 0.4) is 0 Å². The molecule has 4 heterocycles. The molecule has 11 heteroatoms. The molecule has 1 atom stereocenters. The van der Waals surface area contributed by atoms with E-state index in [0.717, 1.165) is 66.4 Å². The van der Waals surface area contributed by atoms with Crippen LogP contribution in [0.1, 0.15) is 73.9 Å². The smallest absolute Gasteiger partial charge is 0.337 e. The second kappa shape index (κ2) is 12.8. The second-order valence-corrected chi connectivity index (χ2v) is 14.7. The van der Waals surface area contributed by atoms with Crippen LogP contribution in [0, 0.1) is 34.6 Å². The van der Waals surface area contributed by atoms with Gasteiger partial charge in [-0.25, -0.2) is 4.79 Å². The Hall–Kier alpha value is -4.73. The average Bonchev–Trinajstić information content (AvgIpc) is 3.67. The number of carboxylic acids is 1. The van der Waals surface area contributed by atoms with Gasteiger partial charge in [0.15, 0.2) is 0 Å². The maximum atomic E-state index is 15.1. The van der Waals surface area contributed by atoms with Gasteiger partial charge in [0, 0.05) is 65.5 Å². The number of aryl methyl sites for hydroxylation is 7. The fraction of sp³-hybridized carbons (Fsp3) is 0.325. The number of rotatable bonds is 8. The van der Waals surface area contributed by atoms with Gasteiger partial charge in [-0.2, -0.15) is 5.10 Å². The molecule has 0 aliphatic carbocycles. The van der Waals surface area contributed by atoms with E-state index in [4.69, 9.17) is 33.0 Å². The van der Waals surface area contributed by atoms with Crippen LogP contribution in [0.15, 0.2) is 42.6 Å². The minimum absolute atomic E-state index is 0.143. The van der Waals surface area contributed by atoms with E-state index in [1.807, 2.05) is 94.7 Å². The highest BCUT2D eigenvalue weighted by molar-refractivity contribution is 6.35. The Morgan fingerprint density at radius 1 is 0.980 bits per heavy atom. The first-order valence-corrected chi connectivity index (χ1v) is 17.8. The molecule has 0 radical (unpaired) electrons. The van der Waals surface area contributed by atoms with Crippen LogP contribution in [0.25, 0.3) is 32.9 Å². The molecule has 1 unspecified atom stereocenters. The number of amides is 1. The molecule has 6 aromatic rings. The predicted molar refractivity (Wildman–Crippen MR) is 204 cm³/mol. The van der Waals surface area contributed by atoms with Gasteiger partial charge in [0.05, 0.1) is 39.6 Å². The van der Waals surface area contributed by atoms with E-state index in [2.05, 4.69) is 11.5 Å². The molecule has 3 aromatic heterocycles. The largest absolute Gasteiger partial charge is 0.494 e. The topological polar surface area (TPSA) is 94.5 Å². The lowest BCUT2D eigenvalue weighted by Gasteiger charge is -2.35. The molecule has 9 nitrogen and oxygen atoms in total. The van der Waals surface area contributed by atoms with E-state index in [-0.39, 0.29) is 17.5 Å². The second-order valence-electron chi connectivity index (χ2n) is 13.9. The number of carboxylic acid groups (broad SMARTS) is 1. The first-order chi connectivity index (χ1) is 24.2. The van der Waals surface area contributed by atoms with E-state index < -0.39 is 5.97 Å². The third kappa shape index (κ3) is 5.58. The van der Waals surface area contributed by atoms with Crippen molar-refractivity contribution in [1.82, 2.24) is 18.9 Å². The monoisotopic (exact) mass is 725 g/mol. The van der Waals surface area contributed by atoms with Crippen LogP contribution in [-0.4, -0.2) is 49.0 Å². The van der Waals surface area contributed by atoms with Crippen molar-refractivity contribution >= 4 is 62.6 Å². The Morgan fingerprint density at radius 2 is 1.69 bits per heavy atom. The minimum atomic E-state index is -1.01. The number of ether oxygens (including phenoxy) is 1. The third-order valence-corrected chi connectivity index (χ3v) is 11.2. The molecule has 0 spiro atoms. The van der Waals surface area contributed by atoms with Crippen molar-refractivity contribution in [3.05, 3.63) is 97.5 Å². The molecule has 1 N–H and O–H groups in total. The standard InChI is InChI=1S/C40H41Cl2N5O4/c1-20-14-29-30(40(49)50)19-44(7)36(29)32(15-20)46-18-23(4)47-37-28(11-12-31(41)34(37)33-24(5)43-45(8)25(33)6)27(38(47)39(46)48)10-9-13-51-26-16-21(2)35(42)22(3)17-26/h11-12,14-17,19,23H,9-10,13,18H2,1-8H3,(H,49,50). The highest BCUT2D eigenvalue weighted by Crippen LogP contribution is 2.46. The van der Waals surface area contributed by atoms with Gasteiger partial charge in [-0.1, -0.05) is 29.3 Å². The van der Waals surface area contributed by atoms with Crippen molar-refractivity contribution in [3.63, 3.8) is 0 Å². The molecule has 3 aromatic carbocycles. The van der Waals surface area contributed by atoms with Crippen LogP contribution in [0.5, 0.6) is 5.75 Å². The first-order valence-electron chi connectivity index (χ1n) is 17.1. The van der Waals surface area contributed by atoms with Crippen molar-refractivity contribution in [1.29, 1.82) is 0 Å². The summed E-state index contributed by atoms with van der Waals surface area (Å²) in [6.45, 7) is 12.8. The van der Waals surface area contributed by atoms with E-state index in [0.29, 0.717) is 53.3 Å². The van der Waals surface area contributed by atoms with Gasteiger partial charge in [-0.05, 0) is 107 Å². The molecule has 51 heavy (non-hydrogen) atoms. The summed E-state index contributed by atoms with van der Waals surface area (Å²) in [4.78, 5) is 29.1. The van der Waals surface area contributed by atoms with Crippen LogP contribution in [-0.2, 0) is 20.5 Å². The summed E-state index contributed by atoms with van der Waals surface area (Å²) in [5.41, 5.74) is 10.5. The first kappa shape index (κ1) is 34.7. The quantitative estimate of drug-likeness (QED) is 0.158. The average molecular weight is 727 g/mol. The number of hydrogen-bond donors (Lipinski definition) is 1. The summed E-state index contributed by atoms with van der Waals surface area (Å²) >= 11 is 13.5. The van der Waals surface area contributed by atoms with Gasteiger partial charge in [0.2, 0.25) is 0 Å². The van der Waals surface area contributed by atoms with Gasteiger partial charge in [-0.15, -0.1) is 0 Å². The molecule has 7 rings (SSSR count). The number of carbonyl (C=O) groups is 2. The Labute approximate surface area is 306 Å². The number of aromatic nitrogens is 4. The van der Waals surface area contributed by atoms with Crippen molar-refractivity contribution in [3.8, 4) is 16.9 Å². The lowest BCUT2D eigenvalue weighted by molar-refractivity contribution is 0.0698. The number of nitrogens with zero attached hydrogens (tertiary/aromatic N) is 5. The molecule has 1 aliphatic rings. The molecular weight excluding hydrogens is 685 g/mol. The summed E-state index contributed by atoms with van der Waals surface area (Å²) in [5.74, 6) is -0.386. The van der Waals surface area contributed by atoms with Crippen LogP contribution in [0.4, 0.5) is 5.69 Å². The van der Waals surface area contributed by atoms with Crippen LogP contribution >= 0.6 is 23.2 Å². The lowest BCUT2D eigenvalue weighted by Crippen LogP contribution is -2.43. The van der Waals surface area contributed by atoms with Crippen LogP contribution < -0.4 is 9.64 Å². The molecule has 0 saturated heterocycles. The zero-order valence-electron chi connectivity index (χ0n) is 30.1. The zero-order valence-corrected chi connectivity index (χ0v) is 31.6. The molecule has 1 amide bonds. The molecular formula is C40H41Cl2N5O4. The molecule has 264 valence electrons. The number of anilines is 1. The van der Waals surface area contributed by atoms with Crippen molar-refractivity contribution < 1.29 is 19.4 Å². The maximum Gasteiger partial charge on any atom is 0.337 e. The number of halogens is 2. The highest BCUT2D eigenvalue weighted by atomic mass is 35.5. The lowest BCUT2D eigenvalue weighted by atomic mass is 9.98. The highest BCUT2D eigenvalue weighted by Gasteiger charge is 2.38. The third-order valence-electron chi connectivity index (χ3n) is 10.3. The van der Waals surface area contributed by atoms with E-state index >= 15 is 4.79 Å². The molecule has 0 fully saturated rings. The van der Waals surface area contributed by atoms with Crippen molar-refractivity contribution in [2.45, 2.75) is 60.4 Å². The zero-order chi connectivity index (χ0) is 36.6. The predicted octanol–water partition coefficient (Wildman–Crippen LogP) is 9.31. The van der Waals surface area contributed by atoms with Crippen LogP contribution in [0.2, 0.25) is 10.0 Å². The van der Waals surface area contributed by atoms with Gasteiger partial charge in [0.1, 0.15) is 11.4 Å². The van der Waals surface area contributed by atoms with E-state index in [1.54, 1.807) is 10.8 Å². The summed E-state index contributed by atoms with van der Waals surface area (Å²) < 4.78 is 12.1. The summed E-state index contributed by atoms with van der Waals surface area (Å²) in [6.07, 6.45) is 2.86. The number of hydrogen-bond acceptors (Lipinski definition) is 4. The Kier molecular flexibility index (Phi) is 8.71. The number of aromatic carboxylic acids is 1. The van der Waals surface area contributed by atoms with Gasteiger partial charge >= 0.3 is 5.97 Å².